The van der Waals surface area contributed by atoms with Crippen molar-refractivity contribution >= 4 is 11.7 Å². The van der Waals surface area contributed by atoms with Crippen molar-refractivity contribution in [3.8, 4) is 5.75 Å². The third-order valence-electron chi connectivity index (χ3n) is 4.23. The summed E-state index contributed by atoms with van der Waals surface area (Å²) in [6, 6.07) is 15.3. The molecule has 0 radical (unpaired) electrons. The molecule has 0 aliphatic carbocycles. The number of benzene rings is 2. The van der Waals surface area contributed by atoms with Crippen LogP contribution in [0.15, 0.2) is 67.0 Å². The van der Waals surface area contributed by atoms with Crippen molar-refractivity contribution < 1.29 is 18.7 Å². The van der Waals surface area contributed by atoms with Crippen LogP contribution in [0.5, 0.6) is 5.75 Å². The van der Waals surface area contributed by atoms with Crippen LogP contribution >= 0.6 is 0 Å². The summed E-state index contributed by atoms with van der Waals surface area (Å²) < 4.78 is 24.1. The molecule has 2 aromatic carbocycles. The van der Waals surface area contributed by atoms with Gasteiger partial charge in [-0.25, -0.2) is 9.18 Å². The second-order valence-electron chi connectivity index (χ2n) is 6.05. The number of anilines is 1. The zero-order chi connectivity index (χ0) is 19.9. The van der Waals surface area contributed by atoms with Gasteiger partial charge in [0, 0.05) is 18.1 Å². The topological polar surface area (TPSA) is 60.5 Å². The fraction of sp³-hybridized carbons (Fsp3) is 0.182. The Morgan fingerprint density at radius 1 is 1.11 bits per heavy atom. The van der Waals surface area contributed by atoms with Crippen molar-refractivity contribution in [3.05, 3.63) is 89.5 Å². The quantitative estimate of drug-likeness (QED) is 0.607. The van der Waals surface area contributed by atoms with Gasteiger partial charge in [0.2, 0.25) is 0 Å². The third-order valence-corrected chi connectivity index (χ3v) is 4.23. The minimum absolute atomic E-state index is 0.165. The number of nitrogens with one attached hydrogen (secondary N) is 1. The van der Waals surface area contributed by atoms with Gasteiger partial charge in [-0.3, -0.25) is 4.98 Å². The number of hydrogen-bond acceptors (Lipinski definition) is 5. The second kappa shape index (κ2) is 8.99. The van der Waals surface area contributed by atoms with E-state index < -0.39 is 5.82 Å². The van der Waals surface area contributed by atoms with Crippen LogP contribution in [0.2, 0.25) is 0 Å². The van der Waals surface area contributed by atoms with Crippen LogP contribution in [0.3, 0.4) is 0 Å². The molecule has 144 valence electrons. The fourth-order valence-electron chi connectivity index (χ4n) is 2.89. The van der Waals surface area contributed by atoms with Crippen molar-refractivity contribution in [2.24, 2.45) is 0 Å². The minimum atomic E-state index is -0.427. The summed E-state index contributed by atoms with van der Waals surface area (Å²) in [5, 5.41) is 3.41. The molecule has 1 N–H and O–H groups in total. The van der Waals surface area contributed by atoms with Crippen LogP contribution in [-0.2, 0) is 4.74 Å². The van der Waals surface area contributed by atoms with Gasteiger partial charge in [-0.05, 0) is 60.5 Å². The normalized spacial score (nSPS) is 11.5. The monoisotopic (exact) mass is 380 g/mol. The molecule has 1 unspecified atom stereocenters. The Labute approximate surface area is 163 Å². The average Bonchev–Trinajstić information content (AvgIpc) is 2.73. The van der Waals surface area contributed by atoms with Crippen molar-refractivity contribution in [1.82, 2.24) is 4.98 Å². The number of methoxy groups -OCH3 is 1. The number of carbonyl (C=O) groups excluding carboxylic acids is 1. The summed E-state index contributed by atoms with van der Waals surface area (Å²) >= 11 is 0. The number of nitrogens with zero attached hydrogens (tertiary/aromatic N) is 1. The molecule has 5 nitrogen and oxygen atoms in total. The van der Waals surface area contributed by atoms with Gasteiger partial charge in [0.15, 0.2) is 11.6 Å². The molecule has 3 aromatic rings. The van der Waals surface area contributed by atoms with Gasteiger partial charge in [-0.2, -0.15) is 0 Å². The van der Waals surface area contributed by atoms with E-state index in [-0.39, 0.29) is 17.8 Å². The van der Waals surface area contributed by atoms with Gasteiger partial charge in [0.1, 0.15) is 0 Å². The van der Waals surface area contributed by atoms with E-state index in [0.717, 1.165) is 16.8 Å². The van der Waals surface area contributed by atoms with E-state index in [1.54, 1.807) is 49.6 Å². The van der Waals surface area contributed by atoms with E-state index in [4.69, 9.17) is 9.47 Å². The smallest absolute Gasteiger partial charge is 0.338 e. The highest BCUT2D eigenvalue weighted by molar-refractivity contribution is 5.90. The predicted molar refractivity (Wildman–Crippen MR) is 105 cm³/mol. The first-order chi connectivity index (χ1) is 13.6. The van der Waals surface area contributed by atoms with Crippen molar-refractivity contribution in [1.29, 1.82) is 0 Å². The molecule has 0 aliphatic rings. The number of rotatable bonds is 7. The Bertz CT molecular complexity index is 948. The van der Waals surface area contributed by atoms with Crippen molar-refractivity contribution in [2.75, 3.05) is 19.0 Å². The third kappa shape index (κ3) is 4.46. The Morgan fingerprint density at radius 2 is 1.89 bits per heavy atom. The maximum absolute atomic E-state index is 13.9. The summed E-state index contributed by atoms with van der Waals surface area (Å²) in [6.45, 7) is 2.08. The van der Waals surface area contributed by atoms with Gasteiger partial charge in [0.05, 0.1) is 25.3 Å². The Kier molecular flexibility index (Phi) is 6.22. The van der Waals surface area contributed by atoms with Crippen LogP contribution in [0, 0.1) is 5.82 Å². The zero-order valence-corrected chi connectivity index (χ0v) is 15.7. The first-order valence-corrected chi connectivity index (χ1v) is 8.89. The number of carbonyl (C=O) groups is 1. The average molecular weight is 380 g/mol. The Morgan fingerprint density at radius 3 is 2.61 bits per heavy atom. The van der Waals surface area contributed by atoms with Crippen LogP contribution in [0.4, 0.5) is 10.1 Å². The van der Waals surface area contributed by atoms with Gasteiger partial charge < -0.3 is 14.8 Å². The van der Waals surface area contributed by atoms with Crippen LogP contribution in [0.1, 0.15) is 34.5 Å². The number of hydrogen-bond donors (Lipinski definition) is 1. The number of halogens is 1. The van der Waals surface area contributed by atoms with Gasteiger partial charge >= 0.3 is 5.97 Å². The molecule has 0 bridgehead atoms. The molecule has 3 rings (SSSR count). The lowest BCUT2D eigenvalue weighted by atomic mass is 9.98. The molecule has 0 saturated carbocycles. The van der Waals surface area contributed by atoms with Gasteiger partial charge in [0.25, 0.3) is 0 Å². The van der Waals surface area contributed by atoms with E-state index in [9.17, 15) is 9.18 Å². The minimum Gasteiger partial charge on any atom is -0.494 e. The molecule has 0 saturated heterocycles. The van der Waals surface area contributed by atoms with Gasteiger partial charge in [-0.1, -0.05) is 12.1 Å². The maximum atomic E-state index is 13.9. The largest absolute Gasteiger partial charge is 0.494 e. The summed E-state index contributed by atoms with van der Waals surface area (Å²) in [5.74, 6) is -0.641. The first kappa shape index (κ1) is 19.4. The lowest BCUT2D eigenvalue weighted by Gasteiger charge is -2.22. The molecule has 0 aliphatic heterocycles. The highest BCUT2D eigenvalue weighted by Crippen LogP contribution is 2.30. The standard InChI is InChI=1S/C22H21FN2O3/c1-3-28-22(26)17-5-4-6-18(13-17)25-21(15-9-11-24-12-10-15)16-7-8-19(23)20(14-16)27-2/h4-14,21,25H,3H2,1-2H3. The second-order valence-corrected chi connectivity index (χ2v) is 6.05. The van der Waals surface area contributed by atoms with E-state index in [0.29, 0.717) is 12.2 Å². The highest BCUT2D eigenvalue weighted by atomic mass is 19.1. The molecule has 0 fully saturated rings. The molecule has 6 heteroatoms. The summed E-state index contributed by atoms with van der Waals surface area (Å²) in [7, 11) is 1.43. The molecular weight excluding hydrogens is 359 g/mol. The molecule has 0 amide bonds. The number of ether oxygens (including phenoxy) is 2. The Hall–Kier alpha value is -3.41. The maximum Gasteiger partial charge on any atom is 0.338 e. The van der Waals surface area contributed by atoms with E-state index >= 15 is 0 Å². The number of aromatic nitrogens is 1. The molecule has 1 heterocycles. The number of pyridine rings is 1. The first-order valence-electron chi connectivity index (χ1n) is 8.89. The van der Waals surface area contributed by atoms with Crippen molar-refractivity contribution in [2.45, 2.75) is 13.0 Å². The van der Waals surface area contributed by atoms with E-state index in [1.807, 2.05) is 18.2 Å². The van der Waals surface area contributed by atoms with E-state index in [1.165, 1.54) is 13.2 Å². The van der Waals surface area contributed by atoms with Crippen LogP contribution in [0.25, 0.3) is 0 Å². The molecule has 1 aromatic heterocycles. The SMILES string of the molecule is CCOC(=O)c1cccc(NC(c2ccncc2)c2ccc(F)c(OC)c2)c1. The van der Waals surface area contributed by atoms with Crippen LogP contribution in [-0.4, -0.2) is 24.7 Å². The van der Waals surface area contributed by atoms with E-state index in [2.05, 4.69) is 10.3 Å². The fourth-order valence-corrected chi connectivity index (χ4v) is 2.89. The lowest BCUT2D eigenvalue weighted by molar-refractivity contribution is 0.0526. The molecule has 1 atom stereocenters. The molecular formula is C22H21FN2O3. The van der Waals surface area contributed by atoms with Gasteiger partial charge in [-0.15, -0.1) is 0 Å². The molecule has 28 heavy (non-hydrogen) atoms. The lowest BCUT2D eigenvalue weighted by Crippen LogP contribution is -2.13. The molecule has 0 spiro atoms. The summed E-state index contributed by atoms with van der Waals surface area (Å²) in [5.41, 5.74) is 2.93. The predicted octanol–water partition coefficient (Wildman–Crippen LogP) is 4.61. The summed E-state index contributed by atoms with van der Waals surface area (Å²) in [6.07, 6.45) is 3.39. The highest BCUT2D eigenvalue weighted by Gasteiger charge is 2.17. The number of esters is 1. The zero-order valence-electron chi connectivity index (χ0n) is 15.7. The summed E-state index contributed by atoms with van der Waals surface area (Å²) in [4.78, 5) is 16.1. The Balaban J connectivity index is 1.97. The van der Waals surface area contributed by atoms with Crippen LogP contribution < -0.4 is 10.1 Å². The van der Waals surface area contributed by atoms with Crippen molar-refractivity contribution in [3.63, 3.8) is 0 Å².